The van der Waals surface area contributed by atoms with Crippen molar-refractivity contribution in [3.05, 3.63) is 66.4 Å². The lowest BCUT2D eigenvalue weighted by Crippen LogP contribution is -2.38. The van der Waals surface area contributed by atoms with Crippen LogP contribution in [-0.4, -0.2) is 35.6 Å². The van der Waals surface area contributed by atoms with Gasteiger partial charge in [-0.15, -0.1) is 11.3 Å². The Bertz CT molecular complexity index is 1350. The topological polar surface area (TPSA) is 76.5 Å². The first kappa shape index (κ1) is 20.3. The van der Waals surface area contributed by atoms with Gasteiger partial charge in [0.1, 0.15) is 9.90 Å². The maximum atomic E-state index is 13.4. The van der Waals surface area contributed by atoms with E-state index in [2.05, 4.69) is 0 Å². The zero-order valence-electron chi connectivity index (χ0n) is 16.5. The van der Waals surface area contributed by atoms with Crippen LogP contribution in [0.25, 0.3) is 21.0 Å². The standard InChI is InChI=1S/C22H20N2O4S2/c1-3-12-23(30(27,28)21-14-17-9-5-7-11-20(17)29-21)22(26)19-13-16-8-4-6-10-18(16)24(19)15(2)25/h4-11,13-14H,3,12H2,1-2H3. The predicted molar refractivity (Wildman–Crippen MR) is 119 cm³/mol. The summed E-state index contributed by atoms with van der Waals surface area (Å²) in [5.41, 5.74) is 0.617. The van der Waals surface area contributed by atoms with Crippen molar-refractivity contribution >= 4 is 54.2 Å². The van der Waals surface area contributed by atoms with Gasteiger partial charge in [0.05, 0.1) is 5.52 Å². The maximum absolute atomic E-state index is 13.4. The normalized spacial score (nSPS) is 11.8. The molecule has 4 rings (SSSR count). The Balaban J connectivity index is 1.85. The second-order valence-corrected chi connectivity index (χ2v) is 10.1. The van der Waals surface area contributed by atoms with Gasteiger partial charge in [0.15, 0.2) is 0 Å². The Kier molecular flexibility index (Phi) is 5.21. The summed E-state index contributed by atoms with van der Waals surface area (Å²) in [6.45, 7) is 3.18. The third kappa shape index (κ3) is 3.32. The highest BCUT2D eigenvalue weighted by atomic mass is 32.2. The molecular weight excluding hydrogens is 420 g/mol. The summed E-state index contributed by atoms with van der Waals surface area (Å²) >= 11 is 1.13. The number of fused-ring (bicyclic) bond motifs is 2. The highest BCUT2D eigenvalue weighted by molar-refractivity contribution is 7.92. The van der Waals surface area contributed by atoms with Crippen molar-refractivity contribution in [2.24, 2.45) is 0 Å². The molecule has 6 nitrogen and oxygen atoms in total. The van der Waals surface area contributed by atoms with Crippen LogP contribution >= 0.6 is 11.3 Å². The molecule has 154 valence electrons. The lowest BCUT2D eigenvalue weighted by molar-refractivity contribution is 0.0828. The maximum Gasteiger partial charge on any atom is 0.284 e. The molecule has 0 aliphatic carbocycles. The molecule has 0 saturated heterocycles. The summed E-state index contributed by atoms with van der Waals surface area (Å²) < 4.78 is 29.9. The first-order chi connectivity index (χ1) is 14.3. The van der Waals surface area contributed by atoms with Gasteiger partial charge in [-0.1, -0.05) is 43.3 Å². The smallest absolute Gasteiger partial charge is 0.275 e. The number of aromatic nitrogens is 1. The number of sulfonamides is 1. The first-order valence-electron chi connectivity index (χ1n) is 9.51. The molecule has 0 saturated carbocycles. The number of carbonyl (C=O) groups is 2. The van der Waals surface area contributed by atoms with Crippen LogP contribution < -0.4 is 0 Å². The van der Waals surface area contributed by atoms with Crippen molar-refractivity contribution in [1.82, 2.24) is 8.87 Å². The molecule has 8 heteroatoms. The molecule has 2 aromatic heterocycles. The first-order valence-corrected chi connectivity index (χ1v) is 11.8. The zero-order valence-corrected chi connectivity index (χ0v) is 18.2. The van der Waals surface area contributed by atoms with Crippen LogP contribution in [-0.2, 0) is 10.0 Å². The molecule has 30 heavy (non-hydrogen) atoms. The number of amides is 1. The van der Waals surface area contributed by atoms with Gasteiger partial charge in [-0.3, -0.25) is 14.2 Å². The van der Waals surface area contributed by atoms with Crippen molar-refractivity contribution in [3.63, 3.8) is 0 Å². The summed E-state index contributed by atoms with van der Waals surface area (Å²) in [6, 6.07) is 17.6. The van der Waals surface area contributed by atoms with Crippen LogP contribution in [0.2, 0.25) is 0 Å². The summed E-state index contributed by atoms with van der Waals surface area (Å²) in [7, 11) is -4.07. The zero-order chi connectivity index (χ0) is 21.5. The molecular formula is C22H20N2O4S2. The second kappa shape index (κ2) is 7.70. The van der Waals surface area contributed by atoms with E-state index in [0.717, 1.165) is 25.7 Å². The van der Waals surface area contributed by atoms with Gasteiger partial charge in [0.25, 0.3) is 15.9 Å². The van der Waals surface area contributed by atoms with Crippen LogP contribution in [0, 0.1) is 0 Å². The van der Waals surface area contributed by atoms with Crippen LogP contribution in [0.3, 0.4) is 0 Å². The Morgan fingerprint density at radius 1 is 1.00 bits per heavy atom. The number of nitrogens with zero attached hydrogens (tertiary/aromatic N) is 2. The average Bonchev–Trinajstić information content (AvgIpc) is 3.33. The lowest BCUT2D eigenvalue weighted by Gasteiger charge is -2.21. The van der Waals surface area contributed by atoms with E-state index in [1.165, 1.54) is 11.5 Å². The van der Waals surface area contributed by atoms with Crippen molar-refractivity contribution in [3.8, 4) is 0 Å². The Morgan fingerprint density at radius 2 is 1.67 bits per heavy atom. The molecule has 2 aromatic carbocycles. The molecule has 0 aliphatic heterocycles. The van der Waals surface area contributed by atoms with Crippen LogP contribution in [0.15, 0.2) is 64.9 Å². The monoisotopic (exact) mass is 440 g/mol. The van der Waals surface area contributed by atoms with Crippen molar-refractivity contribution in [2.75, 3.05) is 6.54 Å². The fourth-order valence-electron chi connectivity index (χ4n) is 3.51. The molecule has 4 aromatic rings. The summed E-state index contributed by atoms with van der Waals surface area (Å²) in [4.78, 5) is 25.8. The summed E-state index contributed by atoms with van der Waals surface area (Å²) in [5.74, 6) is -1.06. The number of rotatable bonds is 5. The molecule has 0 spiro atoms. The van der Waals surface area contributed by atoms with Gasteiger partial charge in [0, 0.05) is 23.6 Å². The van der Waals surface area contributed by atoms with Gasteiger partial charge in [-0.05, 0) is 36.1 Å². The molecule has 0 unspecified atom stereocenters. The third-order valence-electron chi connectivity index (χ3n) is 4.85. The minimum atomic E-state index is -4.07. The molecule has 1 amide bonds. The molecule has 0 bridgehead atoms. The van der Waals surface area contributed by atoms with E-state index in [0.29, 0.717) is 17.3 Å². The highest BCUT2D eigenvalue weighted by Gasteiger charge is 2.33. The van der Waals surface area contributed by atoms with E-state index < -0.39 is 15.9 Å². The number of hydrogen-bond acceptors (Lipinski definition) is 5. The number of benzene rings is 2. The van der Waals surface area contributed by atoms with Crippen LogP contribution in [0.5, 0.6) is 0 Å². The summed E-state index contributed by atoms with van der Waals surface area (Å²) in [6.07, 6.45) is 0.455. The Labute approximate surface area is 178 Å². The lowest BCUT2D eigenvalue weighted by atomic mass is 10.2. The minimum absolute atomic E-state index is 0.0227. The number of hydrogen-bond donors (Lipinski definition) is 0. The van der Waals surface area contributed by atoms with E-state index >= 15 is 0 Å². The van der Waals surface area contributed by atoms with E-state index in [1.807, 2.05) is 24.3 Å². The SMILES string of the molecule is CCCN(C(=O)c1cc2ccccc2n1C(C)=O)S(=O)(=O)c1cc2ccccc2s1. The van der Waals surface area contributed by atoms with Gasteiger partial charge in [-0.2, -0.15) is 0 Å². The third-order valence-corrected chi connectivity index (χ3v) is 8.19. The van der Waals surface area contributed by atoms with Crippen molar-refractivity contribution < 1.29 is 18.0 Å². The molecule has 2 heterocycles. The average molecular weight is 441 g/mol. The van der Waals surface area contributed by atoms with Gasteiger partial charge in [-0.25, -0.2) is 12.7 Å². The fourth-order valence-corrected chi connectivity index (χ4v) is 6.49. The van der Waals surface area contributed by atoms with E-state index in [4.69, 9.17) is 0 Å². The van der Waals surface area contributed by atoms with E-state index in [-0.39, 0.29) is 22.4 Å². The molecule has 0 atom stereocenters. The number of thiophene rings is 1. The number of para-hydroxylation sites is 1. The van der Waals surface area contributed by atoms with Crippen LogP contribution in [0.4, 0.5) is 0 Å². The van der Waals surface area contributed by atoms with E-state index in [1.54, 1.807) is 43.3 Å². The Hall–Kier alpha value is -2.97. The minimum Gasteiger partial charge on any atom is -0.275 e. The second-order valence-electron chi connectivity index (χ2n) is 6.93. The molecule has 0 aliphatic rings. The fraction of sp³-hybridized carbons (Fsp3) is 0.182. The van der Waals surface area contributed by atoms with Crippen molar-refractivity contribution in [1.29, 1.82) is 0 Å². The predicted octanol–water partition coefficient (Wildman–Crippen LogP) is 4.76. The molecule has 0 N–H and O–H groups in total. The van der Waals surface area contributed by atoms with Gasteiger partial charge < -0.3 is 0 Å². The van der Waals surface area contributed by atoms with E-state index in [9.17, 15) is 18.0 Å². The van der Waals surface area contributed by atoms with Gasteiger partial charge in [0.2, 0.25) is 5.91 Å². The Morgan fingerprint density at radius 3 is 2.33 bits per heavy atom. The van der Waals surface area contributed by atoms with Crippen LogP contribution in [0.1, 0.15) is 35.6 Å². The summed E-state index contributed by atoms with van der Waals surface area (Å²) in [5, 5.41) is 1.51. The highest BCUT2D eigenvalue weighted by Crippen LogP contribution is 2.32. The molecule has 0 radical (unpaired) electrons. The quantitative estimate of drug-likeness (QED) is 0.448. The molecule has 0 fully saturated rings. The van der Waals surface area contributed by atoms with Gasteiger partial charge >= 0.3 is 0 Å². The largest absolute Gasteiger partial charge is 0.284 e. The van der Waals surface area contributed by atoms with Crippen molar-refractivity contribution in [2.45, 2.75) is 24.5 Å². The number of carbonyl (C=O) groups excluding carboxylic acids is 2.